The van der Waals surface area contributed by atoms with Crippen molar-refractivity contribution in [3.05, 3.63) is 17.5 Å². The van der Waals surface area contributed by atoms with Crippen LogP contribution >= 0.6 is 11.3 Å². The maximum absolute atomic E-state index is 11.3. The molecule has 0 saturated heterocycles. The van der Waals surface area contributed by atoms with Gasteiger partial charge in [-0.2, -0.15) is 0 Å². The van der Waals surface area contributed by atoms with Gasteiger partial charge in [0.15, 0.2) is 0 Å². The van der Waals surface area contributed by atoms with Crippen LogP contribution in [-0.4, -0.2) is 23.0 Å². The van der Waals surface area contributed by atoms with Crippen LogP contribution in [0.4, 0.5) is 5.00 Å². The Kier molecular flexibility index (Phi) is 3.61. The maximum atomic E-state index is 11.3. The minimum Gasteiger partial charge on any atom is -0.481 e. The van der Waals surface area contributed by atoms with E-state index < -0.39 is 17.9 Å². The smallest absolute Gasteiger partial charge is 0.305 e. The van der Waals surface area contributed by atoms with Crippen LogP contribution in [0.1, 0.15) is 6.42 Å². The highest BCUT2D eigenvalue weighted by Crippen LogP contribution is 2.14. The number of rotatable bonds is 4. The predicted octanol–water partition coefficient (Wildman–Crippen LogP) is 0.489. The van der Waals surface area contributed by atoms with Crippen molar-refractivity contribution in [2.45, 2.75) is 12.5 Å². The summed E-state index contributed by atoms with van der Waals surface area (Å²) in [5.74, 6) is -1.56. The fourth-order valence-electron chi connectivity index (χ4n) is 0.845. The van der Waals surface area contributed by atoms with Crippen molar-refractivity contribution in [3.63, 3.8) is 0 Å². The molecule has 0 radical (unpaired) electrons. The molecule has 0 aromatic carbocycles. The number of aliphatic carboxylic acids is 1. The van der Waals surface area contributed by atoms with Crippen molar-refractivity contribution in [1.29, 1.82) is 0 Å². The topological polar surface area (TPSA) is 92.4 Å². The van der Waals surface area contributed by atoms with Gasteiger partial charge in [-0.3, -0.25) is 9.59 Å². The van der Waals surface area contributed by atoms with E-state index in [1.165, 1.54) is 11.3 Å². The second-order valence-electron chi connectivity index (χ2n) is 2.67. The zero-order valence-electron chi connectivity index (χ0n) is 7.27. The molecule has 0 saturated carbocycles. The van der Waals surface area contributed by atoms with Gasteiger partial charge in [-0.15, -0.1) is 11.3 Å². The first kappa shape index (κ1) is 10.7. The molecule has 1 aromatic rings. The van der Waals surface area contributed by atoms with Gasteiger partial charge in [0.25, 0.3) is 0 Å². The zero-order chi connectivity index (χ0) is 10.6. The first-order chi connectivity index (χ1) is 6.59. The van der Waals surface area contributed by atoms with Crippen molar-refractivity contribution in [2.24, 2.45) is 5.73 Å². The van der Waals surface area contributed by atoms with Crippen LogP contribution < -0.4 is 11.1 Å². The van der Waals surface area contributed by atoms with E-state index in [-0.39, 0.29) is 6.42 Å². The monoisotopic (exact) mass is 214 g/mol. The second kappa shape index (κ2) is 4.73. The number of carbonyl (C=O) groups is 2. The standard InChI is InChI=1S/C8H10N2O3S/c9-5(4-7(11)12)8(13)10-6-2-1-3-14-6/h1-3,5H,4,9H2,(H,10,13)(H,11,12). The number of thiophene rings is 1. The van der Waals surface area contributed by atoms with E-state index in [0.717, 1.165) is 0 Å². The largest absolute Gasteiger partial charge is 0.481 e. The third-order valence-corrected chi connectivity index (χ3v) is 2.28. The third-order valence-electron chi connectivity index (χ3n) is 1.50. The average Bonchev–Trinajstić information content (AvgIpc) is 2.55. The number of nitrogens with two attached hydrogens (primary N) is 1. The summed E-state index contributed by atoms with van der Waals surface area (Å²) in [6.45, 7) is 0. The fraction of sp³-hybridized carbons (Fsp3) is 0.250. The Morgan fingerprint density at radius 1 is 1.64 bits per heavy atom. The molecule has 76 valence electrons. The number of nitrogens with one attached hydrogen (secondary N) is 1. The molecule has 0 aliphatic carbocycles. The van der Waals surface area contributed by atoms with Crippen LogP contribution in [0, 0.1) is 0 Å². The van der Waals surface area contributed by atoms with Crippen LogP contribution in [-0.2, 0) is 9.59 Å². The van der Waals surface area contributed by atoms with Gasteiger partial charge in [0, 0.05) is 0 Å². The molecule has 1 heterocycles. The van der Waals surface area contributed by atoms with E-state index in [4.69, 9.17) is 10.8 Å². The van der Waals surface area contributed by atoms with Crippen molar-refractivity contribution >= 4 is 28.2 Å². The lowest BCUT2D eigenvalue weighted by molar-refractivity contribution is -0.138. The average molecular weight is 214 g/mol. The molecule has 0 aliphatic rings. The molecule has 1 rings (SSSR count). The summed E-state index contributed by atoms with van der Waals surface area (Å²) in [5.41, 5.74) is 5.35. The van der Waals surface area contributed by atoms with Gasteiger partial charge in [-0.25, -0.2) is 0 Å². The molecule has 0 spiro atoms. The molecule has 1 aromatic heterocycles. The molecule has 0 fully saturated rings. The molecular weight excluding hydrogens is 204 g/mol. The molecule has 1 atom stereocenters. The molecular formula is C8H10N2O3S. The van der Waals surface area contributed by atoms with Gasteiger partial charge < -0.3 is 16.2 Å². The summed E-state index contributed by atoms with van der Waals surface area (Å²) in [6.07, 6.45) is -0.364. The van der Waals surface area contributed by atoms with Gasteiger partial charge in [-0.05, 0) is 17.5 Å². The number of hydrogen-bond donors (Lipinski definition) is 3. The maximum Gasteiger partial charge on any atom is 0.305 e. The number of carboxylic acids is 1. The Bertz CT molecular complexity index is 323. The van der Waals surface area contributed by atoms with Gasteiger partial charge in [-0.1, -0.05) is 0 Å². The van der Waals surface area contributed by atoms with Crippen LogP contribution in [0.15, 0.2) is 17.5 Å². The van der Waals surface area contributed by atoms with E-state index in [2.05, 4.69) is 5.32 Å². The van der Waals surface area contributed by atoms with E-state index in [9.17, 15) is 9.59 Å². The Hall–Kier alpha value is -1.40. The molecule has 14 heavy (non-hydrogen) atoms. The molecule has 5 nitrogen and oxygen atoms in total. The number of anilines is 1. The molecule has 0 aliphatic heterocycles. The quantitative estimate of drug-likeness (QED) is 0.680. The lowest BCUT2D eigenvalue weighted by Gasteiger charge is -2.07. The second-order valence-corrected chi connectivity index (χ2v) is 3.62. The minimum atomic E-state index is -1.08. The highest BCUT2D eigenvalue weighted by atomic mass is 32.1. The van der Waals surface area contributed by atoms with E-state index in [0.29, 0.717) is 5.00 Å². The van der Waals surface area contributed by atoms with Gasteiger partial charge in [0.05, 0.1) is 17.5 Å². The van der Waals surface area contributed by atoms with Crippen LogP contribution in [0.5, 0.6) is 0 Å². The van der Waals surface area contributed by atoms with Crippen LogP contribution in [0.3, 0.4) is 0 Å². The SMILES string of the molecule is NC(CC(=O)O)C(=O)Nc1cccs1. The van der Waals surface area contributed by atoms with E-state index in [1.807, 2.05) is 0 Å². The summed E-state index contributed by atoms with van der Waals surface area (Å²) in [4.78, 5) is 21.5. The normalized spacial score (nSPS) is 12.1. The third kappa shape index (κ3) is 3.15. The number of carbonyl (C=O) groups excluding carboxylic acids is 1. The van der Waals surface area contributed by atoms with Crippen molar-refractivity contribution in [3.8, 4) is 0 Å². The van der Waals surface area contributed by atoms with E-state index >= 15 is 0 Å². The summed E-state index contributed by atoms with van der Waals surface area (Å²) in [6, 6.07) is 2.49. The molecule has 4 N–H and O–H groups in total. The Balaban J connectivity index is 2.46. The molecule has 6 heteroatoms. The molecule has 0 bridgehead atoms. The van der Waals surface area contributed by atoms with Crippen molar-refractivity contribution < 1.29 is 14.7 Å². The summed E-state index contributed by atoms with van der Waals surface area (Å²) < 4.78 is 0. The minimum absolute atomic E-state index is 0.364. The van der Waals surface area contributed by atoms with Crippen molar-refractivity contribution in [1.82, 2.24) is 0 Å². The number of amides is 1. The zero-order valence-corrected chi connectivity index (χ0v) is 8.08. The summed E-state index contributed by atoms with van der Waals surface area (Å²) in [7, 11) is 0. The Labute approximate surface area is 84.5 Å². The van der Waals surface area contributed by atoms with Crippen molar-refractivity contribution in [2.75, 3.05) is 5.32 Å². The van der Waals surface area contributed by atoms with Crippen LogP contribution in [0.2, 0.25) is 0 Å². The summed E-state index contributed by atoms with van der Waals surface area (Å²) in [5, 5.41) is 13.4. The molecule has 1 amide bonds. The Morgan fingerprint density at radius 3 is 2.86 bits per heavy atom. The number of hydrogen-bond acceptors (Lipinski definition) is 4. The molecule has 1 unspecified atom stereocenters. The first-order valence-corrected chi connectivity index (χ1v) is 4.79. The lowest BCUT2D eigenvalue weighted by atomic mass is 10.2. The van der Waals surface area contributed by atoms with E-state index in [1.54, 1.807) is 17.5 Å². The fourth-order valence-corrected chi connectivity index (χ4v) is 1.47. The number of carboxylic acid groups (broad SMARTS) is 1. The first-order valence-electron chi connectivity index (χ1n) is 3.91. The lowest BCUT2D eigenvalue weighted by Crippen LogP contribution is -2.37. The van der Waals surface area contributed by atoms with Crippen LogP contribution in [0.25, 0.3) is 0 Å². The highest BCUT2D eigenvalue weighted by Gasteiger charge is 2.16. The Morgan fingerprint density at radius 2 is 2.36 bits per heavy atom. The summed E-state index contributed by atoms with van der Waals surface area (Å²) >= 11 is 1.35. The van der Waals surface area contributed by atoms with Gasteiger partial charge in [0.1, 0.15) is 0 Å². The van der Waals surface area contributed by atoms with Gasteiger partial charge >= 0.3 is 5.97 Å². The predicted molar refractivity (Wildman–Crippen MR) is 53.2 cm³/mol. The highest BCUT2D eigenvalue weighted by molar-refractivity contribution is 7.14. The van der Waals surface area contributed by atoms with Gasteiger partial charge in [0.2, 0.25) is 5.91 Å².